The minimum atomic E-state index is 0. The van der Waals surface area contributed by atoms with Gasteiger partial charge in [-0.05, 0) is 70.1 Å². The second-order valence-electron chi connectivity index (χ2n) is 19.6. The molecule has 0 fully saturated rings. The second-order valence-corrected chi connectivity index (χ2v) is 19.6. The summed E-state index contributed by atoms with van der Waals surface area (Å²) in [6.07, 6.45) is 3.90. The van der Waals surface area contributed by atoms with E-state index in [1.54, 1.807) is 0 Å². The summed E-state index contributed by atoms with van der Waals surface area (Å²) in [5, 5.41) is 4.61. The van der Waals surface area contributed by atoms with Gasteiger partial charge in [0.25, 0.3) is 0 Å². The number of hydrogen-bond acceptors (Lipinski definition) is 4. The van der Waals surface area contributed by atoms with Crippen molar-refractivity contribution in [3.63, 3.8) is 0 Å². The van der Waals surface area contributed by atoms with Crippen molar-refractivity contribution in [2.24, 2.45) is 0 Å². The van der Waals surface area contributed by atoms with Crippen molar-refractivity contribution in [1.29, 1.82) is 0 Å². The molecule has 0 N–H and O–H groups in total. The summed E-state index contributed by atoms with van der Waals surface area (Å²) >= 11 is 0. The first-order valence-corrected chi connectivity index (χ1v) is 25.9. The van der Waals surface area contributed by atoms with Crippen LogP contribution in [0.25, 0.3) is 105 Å². The Labute approximate surface area is 465 Å². The molecule has 2 aliphatic heterocycles. The zero-order valence-corrected chi connectivity index (χ0v) is 44.0. The molecule has 0 atom stereocenters. The van der Waals surface area contributed by atoms with Gasteiger partial charge in [0.05, 0.1) is 16.7 Å². The van der Waals surface area contributed by atoms with Crippen LogP contribution >= 0.6 is 0 Å². The molecule has 78 heavy (non-hydrogen) atoms. The zero-order chi connectivity index (χ0) is 50.6. The summed E-state index contributed by atoms with van der Waals surface area (Å²) in [4.78, 5) is 9.63. The Bertz CT molecular complexity index is 4600. The van der Waals surface area contributed by atoms with Crippen LogP contribution < -0.4 is 14.5 Å². The van der Waals surface area contributed by atoms with Crippen LogP contribution in [-0.2, 0) is 21.1 Å². The Kier molecular flexibility index (Phi) is 10.7. The summed E-state index contributed by atoms with van der Waals surface area (Å²) in [5.41, 5.74) is 19.7. The molecule has 0 radical (unpaired) electrons. The molecule has 2 aliphatic rings. The van der Waals surface area contributed by atoms with Gasteiger partial charge >= 0.3 is 0 Å². The van der Waals surface area contributed by atoms with Gasteiger partial charge in [0.1, 0.15) is 0 Å². The van der Waals surface area contributed by atoms with Gasteiger partial charge in [-0.15, -0.1) is 48.1 Å². The van der Waals surface area contributed by atoms with Gasteiger partial charge in [0.15, 0.2) is 0 Å². The number of para-hydroxylation sites is 6. The number of ether oxygens (including phenoxy) is 1. The summed E-state index contributed by atoms with van der Waals surface area (Å²) in [6.45, 7) is 2.18. The van der Waals surface area contributed by atoms with Crippen LogP contribution in [-0.4, -0.2) is 18.7 Å². The first kappa shape index (κ1) is 45.7. The quantitative estimate of drug-likeness (QED) is 0.142. The second kappa shape index (κ2) is 18.3. The first-order chi connectivity index (χ1) is 38.2. The fourth-order valence-corrected chi connectivity index (χ4v) is 12.1. The van der Waals surface area contributed by atoms with Crippen molar-refractivity contribution in [3.05, 3.63) is 274 Å². The topological polar surface area (TPSA) is 43.4 Å². The summed E-state index contributed by atoms with van der Waals surface area (Å²) in [6, 6.07) is 93.5. The molecule has 3 aromatic heterocycles. The average Bonchev–Trinajstić information content (AvgIpc) is 4.45. The van der Waals surface area contributed by atoms with E-state index in [0.29, 0.717) is 11.5 Å². The van der Waals surface area contributed by atoms with Crippen molar-refractivity contribution in [3.8, 4) is 73.3 Å². The molecule has 14 aromatic rings. The fourth-order valence-electron chi connectivity index (χ4n) is 12.1. The summed E-state index contributed by atoms with van der Waals surface area (Å²) in [7, 11) is 0. The fraction of sp³-hybridized carbons (Fsp3) is 0. The third kappa shape index (κ3) is 6.98. The molecular weight excluding hydrogens is 1140 g/mol. The van der Waals surface area contributed by atoms with Gasteiger partial charge in [-0.3, -0.25) is 4.57 Å². The predicted octanol–water partition coefficient (Wildman–Crippen LogP) is 17.8. The number of hydrogen-bond donors (Lipinski definition) is 0. The van der Waals surface area contributed by atoms with E-state index in [1.807, 2.05) is 36.7 Å². The molecule has 7 nitrogen and oxygen atoms in total. The molecular formula is C70H43N6OPt-3. The normalized spacial score (nSPS) is 12.4. The smallest absolute Gasteiger partial charge is 0.217 e. The molecule has 372 valence electrons. The Morgan fingerprint density at radius 1 is 0.423 bits per heavy atom. The van der Waals surface area contributed by atoms with Crippen molar-refractivity contribution in [2.75, 3.05) is 9.80 Å². The van der Waals surface area contributed by atoms with Crippen molar-refractivity contribution >= 4 is 66.4 Å². The summed E-state index contributed by atoms with van der Waals surface area (Å²) < 4.78 is 13.8. The third-order valence-electron chi connectivity index (χ3n) is 15.4. The van der Waals surface area contributed by atoms with Crippen molar-refractivity contribution in [1.82, 2.24) is 18.7 Å². The molecule has 8 heteroatoms. The van der Waals surface area contributed by atoms with Crippen LogP contribution in [0.5, 0.6) is 11.5 Å². The molecule has 0 saturated carbocycles. The van der Waals surface area contributed by atoms with Crippen LogP contribution in [0, 0.1) is 18.8 Å². The van der Waals surface area contributed by atoms with Crippen LogP contribution in [0.4, 0.5) is 22.7 Å². The van der Waals surface area contributed by atoms with Crippen LogP contribution in [0.2, 0.25) is 0 Å². The SMILES string of the molecule is [Pt].[c-]1c(Oc2[c-]c3c(cc2)c2c4c(ccc2n3-c2nccn2-c2ccccc2)-n2c3ccccc3c3cccc(c32)-c2ccccc2-4)cccc1N1[CH-]N(c2c(-c3ccccc3)cccc2-c2ccccc2)c2ccccc21. The van der Waals surface area contributed by atoms with Crippen LogP contribution in [0.3, 0.4) is 0 Å². The minimum Gasteiger partial charge on any atom is -0.509 e. The molecule has 0 spiro atoms. The van der Waals surface area contributed by atoms with Gasteiger partial charge < -0.3 is 23.7 Å². The van der Waals surface area contributed by atoms with E-state index in [0.717, 1.165) is 89.7 Å². The monoisotopic (exact) mass is 1180 g/mol. The Morgan fingerprint density at radius 3 is 1.82 bits per heavy atom. The van der Waals surface area contributed by atoms with Gasteiger partial charge in [-0.2, -0.15) is 12.1 Å². The van der Waals surface area contributed by atoms with Crippen molar-refractivity contribution in [2.45, 2.75) is 0 Å². The maximum atomic E-state index is 6.92. The average molecular weight is 1180 g/mol. The van der Waals surface area contributed by atoms with E-state index < -0.39 is 0 Å². The number of imidazole rings is 1. The van der Waals surface area contributed by atoms with Gasteiger partial charge in [0.2, 0.25) is 5.95 Å². The minimum absolute atomic E-state index is 0. The van der Waals surface area contributed by atoms with Crippen molar-refractivity contribution < 1.29 is 25.8 Å². The van der Waals surface area contributed by atoms with Gasteiger partial charge in [0, 0.05) is 106 Å². The van der Waals surface area contributed by atoms with Gasteiger partial charge in [-0.25, -0.2) is 4.98 Å². The summed E-state index contributed by atoms with van der Waals surface area (Å²) in [5.74, 6) is 1.87. The maximum absolute atomic E-state index is 6.92. The first-order valence-electron chi connectivity index (χ1n) is 25.9. The van der Waals surface area contributed by atoms with E-state index in [-0.39, 0.29) is 21.1 Å². The number of fused-ring (bicyclic) bond motifs is 13. The molecule has 16 rings (SSSR count). The molecule has 0 unspecified atom stereocenters. The number of rotatable bonds is 8. The van der Waals surface area contributed by atoms with E-state index in [4.69, 9.17) is 9.72 Å². The zero-order valence-electron chi connectivity index (χ0n) is 41.7. The van der Waals surface area contributed by atoms with Crippen LogP contribution in [0.15, 0.2) is 255 Å². The van der Waals surface area contributed by atoms with Gasteiger partial charge in [-0.1, -0.05) is 175 Å². The molecule has 5 heterocycles. The Morgan fingerprint density at radius 2 is 1.04 bits per heavy atom. The standard InChI is InChI=1S/C70H43N6O.Pt/c1-4-19-46(20-5-1)52-30-17-31-53(47-21-6-2-7-22-47)68(52)74-45-73(61-35-14-15-36-62(61)74)49-25-16-26-50(43-49)77-51-37-38-59-65(44-51)76(70-71-41-42-72(70)48-23-8-3-9-24-48)64-40-39-63-66(67(59)64)56-29-11-10-27-54(56)57-32-18-33-58-55-28-12-13-34-60(55)75(63)69(57)58;/h1-42,45H;/q-3;. The Hall–Kier alpha value is -9.68. The molecule has 0 aliphatic carbocycles. The number of aromatic nitrogens is 4. The largest absolute Gasteiger partial charge is 0.509 e. The number of nitrogens with zero attached hydrogens (tertiary/aromatic N) is 6. The number of benzene rings is 11. The molecule has 0 saturated heterocycles. The predicted molar refractivity (Wildman–Crippen MR) is 313 cm³/mol. The van der Waals surface area contributed by atoms with E-state index in [1.165, 1.54) is 38.5 Å². The molecule has 0 bridgehead atoms. The van der Waals surface area contributed by atoms with E-state index in [2.05, 4.69) is 261 Å². The van der Waals surface area contributed by atoms with E-state index in [9.17, 15) is 0 Å². The number of anilines is 4. The Balaban J connectivity index is 0.00000529. The van der Waals surface area contributed by atoms with Crippen LogP contribution in [0.1, 0.15) is 0 Å². The third-order valence-corrected chi connectivity index (χ3v) is 15.4. The molecule has 11 aromatic carbocycles. The maximum Gasteiger partial charge on any atom is 0.217 e. The van der Waals surface area contributed by atoms with E-state index >= 15 is 0 Å². The molecule has 0 amide bonds.